The van der Waals surface area contributed by atoms with Crippen LogP contribution in [0.2, 0.25) is 0 Å². The van der Waals surface area contributed by atoms with E-state index in [0.717, 1.165) is 38.5 Å². The second-order valence-electron chi connectivity index (χ2n) is 16.4. The second-order valence-corrected chi connectivity index (χ2v) is 16.4. The maximum Gasteiger partial charge on any atom is 0.222 e. The second kappa shape index (κ2) is 44.3. The number of aliphatic hydroxyl groups excluding tert-OH is 3. The van der Waals surface area contributed by atoms with Crippen LogP contribution >= 0.6 is 0 Å². The summed E-state index contributed by atoms with van der Waals surface area (Å²) in [5, 5.41) is 33.3. The Morgan fingerprint density at radius 2 is 0.796 bits per heavy atom. The maximum atomic E-state index is 12.4. The van der Waals surface area contributed by atoms with Gasteiger partial charge in [-0.1, -0.05) is 230 Å². The quantitative estimate of drug-likeness (QED) is 0.0368. The molecule has 1 amide bonds. The average Bonchev–Trinajstić information content (AvgIpc) is 3.16. The zero-order valence-electron chi connectivity index (χ0n) is 36.1. The van der Waals surface area contributed by atoms with Gasteiger partial charge in [0.1, 0.15) is 0 Å². The first-order valence-electron chi connectivity index (χ1n) is 23.8. The zero-order chi connectivity index (χ0) is 39.4. The van der Waals surface area contributed by atoms with Crippen LogP contribution < -0.4 is 5.32 Å². The molecule has 0 aromatic heterocycles. The van der Waals surface area contributed by atoms with E-state index in [0.29, 0.717) is 6.42 Å². The van der Waals surface area contributed by atoms with Crippen LogP contribution in [0.15, 0.2) is 36.5 Å². The van der Waals surface area contributed by atoms with Gasteiger partial charge in [0, 0.05) is 0 Å². The molecule has 0 aromatic carbocycles. The highest BCUT2D eigenvalue weighted by atomic mass is 16.3. The van der Waals surface area contributed by atoms with Gasteiger partial charge in [-0.2, -0.15) is 0 Å². The third kappa shape index (κ3) is 40.2. The monoisotopic (exact) mass is 760 g/mol. The molecule has 0 aliphatic heterocycles. The highest BCUT2D eigenvalue weighted by Gasteiger charge is 2.20. The standard InChI is InChI=1S/C49H93NO4/c1-3-5-7-9-11-13-15-17-19-21-22-23-24-25-27-29-31-33-35-37-39-41-43-48(53)47(45-51)50-49(54)44-46(52)42-40-38-36-34-32-30-28-26-20-18-16-14-12-10-8-6-4-2/h25,27,33,35,41,43,46-48,51-53H,3-24,26,28-32,34,36-40,42,44-45H2,1-2H3,(H,50,54)/b27-25+,35-33+,43-41+. The van der Waals surface area contributed by atoms with E-state index >= 15 is 0 Å². The van der Waals surface area contributed by atoms with E-state index in [-0.39, 0.29) is 18.9 Å². The minimum absolute atomic E-state index is 0.00513. The smallest absolute Gasteiger partial charge is 0.222 e. The highest BCUT2D eigenvalue weighted by molar-refractivity contribution is 5.76. The molecule has 0 heterocycles. The molecule has 0 spiro atoms. The Labute approximate surface area is 336 Å². The van der Waals surface area contributed by atoms with Crippen molar-refractivity contribution in [1.82, 2.24) is 5.32 Å². The fraction of sp³-hybridized carbons (Fsp3) is 0.857. The van der Waals surface area contributed by atoms with Gasteiger partial charge in [-0.15, -0.1) is 0 Å². The normalized spacial score (nSPS) is 13.8. The number of hydrogen-bond donors (Lipinski definition) is 4. The predicted octanol–water partition coefficient (Wildman–Crippen LogP) is 13.9. The third-order valence-electron chi connectivity index (χ3n) is 10.9. The predicted molar refractivity (Wildman–Crippen MR) is 236 cm³/mol. The molecule has 5 nitrogen and oxygen atoms in total. The van der Waals surface area contributed by atoms with Crippen LogP contribution in [-0.2, 0) is 4.79 Å². The minimum atomic E-state index is -0.958. The summed E-state index contributed by atoms with van der Waals surface area (Å²) in [5.74, 6) is -0.327. The van der Waals surface area contributed by atoms with Crippen molar-refractivity contribution < 1.29 is 20.1 Å². The van der Waals surface area contributed by atoms with Crippen molar-refractivity contribution in [3.05, 3.63) is 36.5 Å². The molecule has 0 fully saturated rings. The summed E-state index contributed by atoms with van der Waals surface area (Å²) >= 11 is 0. The number of unbranched alkanes of at least 4 members (excludes halogenated alkanes) is 30. The molecular formula is C49H93NO4. The summed E-state index contributed by atoms with van der Waals surface area (Å²) in [4.78, 5) is 12.4. The van der Waals surface area contributed by atoms with Crippen molar-refractivity contribution >= 4 is 5.91 Å². The van der Waals surface area contributed by atoms with Crippen LogP contribution in [0.1, 0.15) is 245 Å². The third-order valence-corrected chi connectivity index (χ3v) is 10.9. The summed E-state index contributed by atoms with van der Waals surface area (Å²) in [7, 11) is 0. The van der Waals surface area contributed by atoms with E-state index in [4.69, 9.17) is 0 Å². The summed E-state index contributed by atoms with van der Waals surface area (Å²) in [5.41, 5.74) is 0. The Kier molecular flexibility index (Phi) is 43.1. The summed E-state index contributed by atoms with van der Waals surface area (Å²) in [6, 6.07) is -0.765. The Hall–Kier alpha value is -1.43. The number of carbonyl (C=O) groups is 1. The lowest BCUT2D eigenvalue weighted by molar-refractivity contribution is -0.124. The van der Waals surface area contributed by atoms with Crippen molar-refractivity contribution in [2.75, 3.05) is 6.61 Å². The molecule has 0 bridgehead atoms. The molecule has 318 valence electrons. The van der Waals surface area contributed by atoms with Crippen LogP contribution in [0, 0.1) is 0 Å². The maximum absolute atomic E-state index is 12.4. The molecule has 5 heteroatoms. The molecule has 4 N–H and O–H groups in total. The first-order chi connectivity index (χ1) is 26.5. The van der Waals surface area contributed by atoms with Gasteiger partial charge in [-0.25, -0.2) is 0 Å². The number of nitrogens with one attached hydrogen (secondary N) is 1. The molecule has 3 atom stereocenters. The highest BCUT2D eigenvalue weighted by Crippen LogP contribution is 2.16. The SMILES string of the molecule is CCCCCCCCCCCCCC/C=C/CC/C=C/CC/C=C/C(O)C(CO)NC(=O)CC(O)CCCCCCCCCCCCCCCCCCC. The molecular weight excluding hydrogens is 667 g/mol. The fourth-order valence-electron chi connectivity index (χ4n) is 7.25. The Balaban J connectivity index is 3.70. The number of allylic oxidation sites excluding steroid dienone is 5. The molecule has 0 aromatic rings. The van der Waals surface area contributed by atoms with E-state index in [1.807, 2.05) is 6.08 Å². The van der Waals surface area contributed by atoms with Crippen LogP contribution in [0.4, 0.5) is 0 Å². The fourth-order valence-corrected chi connectivity index (χ4v) is 7.25. The largest absolute Gasteiger partial charge is 0.394 e. The van der Waals surface area contributed by atoms with E-state index < -0.39 is 18.2 Å². The Morgan fingerprint density at radius 3 is 1.19 bits per heavy atom. The number of rotatable bonds is 43. The lowest BCUT2D eigenvalue weighted by Crippen LogP contribution is -2.45. The van der Waals surface area contributed by atoms with Crippen molar-refractivity contribution in [2.45, 2.75) is 263 Å². The van der Waals surface area contributed by atoms with Crippen LogP contribution in [0.3, 0.4) is 0 Å². The molecule has 3 unspecified atom stereocenters. The average molecular weight is 760 g/mol. The molecule has 0 saturated carbocycles. The number of aliphatic hydroxyl groups is 3. The van der Waals surface area contributed by atoms with Gasteiger partial charge in [0.2, 0.25) is 5.91 Å². The summed E-state index contributed by atoms with van der Waals surface area (Å²) in [6.07, 6.45) is 55.8. The van der Waals surface area contributed by atoms with Gasteiger partial charge in [-0.05, 0) is 44.9 Å². The lowest BCUT2D eigenvalue weighted by Gasteiger charge is -2.21. The van der Waals surface area contributed by atoms with Gasteiger partial charge in [0.15, 0.2) is 0 Å². The Bertz CT molecular complexity index is 840. The number of amides is 1. The van der Waals surface area contributed by atoms with Crippen molar-refractivity contribution in [3.63, 3.8) is 0 Å². The molecule has 0 radical (unpaired) electrons. The molecule has 0 rings (SSSR count). The summed E-state index contributed by atoms with van der Waals surface area (Å²) in [6.45, 7) is 4.21. The van der Waals surface area contributed by atoms with Gasteiger partial charge >= 0.3 is 0 Å². The lowest BCUT2D eigenvalue weighted by atomic mass is 10.0. The molecule has 0 saturated heterocycles. The minimum Gasteiger partial charge on any atom is -0.394 e. The van der Waals surface area contributed by atoms with Crippen molar-refractivity contribution in [2.24, 2.45) is 0 Å². The van der Waals surface area contributed by atoms with Crippen LogP contribution in [-0.4, -0.2) is 46.1 Å². The molecule has 0 aliphatic rings. The number of hydrogen-bond acceptors (Lipinski definition) is 4. The molecule has 0 aliphatic carbocycles. The van der Waals surface area contributed by atoms with Gasteiger partial charge < -0.3 is 20.6 Å². The van der Waals surface area contributed by atoms with Crippen LogP contribution in [0.5, 0.6) is 0 Å². The van der Waals surface area contributed by atoms with Crippen molar-refractivity contribution in [3.8, 4) is 0 Å². The van der Waals surface area contributed by atoms with Gasteiger partial charge in [0.25, 0.3) is 0 Å². The number of carbonyl (C=O) groups excluding carboxylic acids is 1. The van der Waals surface area contributed by atoms with E-state index in [2.05, 4.69) is 43.5 Å². The first-order valence-corrected chi connectivity index (χ1v) is 23.8. The molecule has 54 heavy (non-hydrogen) atoms. The topological polar surface area (TPSA) is 89.8 Å². The van der Waals surface area contributed by atoms with Gasteiger partial charge in [-0.3, -0.25) is 4.79 Å². The summed E-state index contributed by atoms with van der Waals surface area (Å²) < 4.78 is 0. The van der Waals surface area contributed by atoms with Crippen LogP contribution in [0.25, 0.3) is 0 Å². The van der Waals surface area contributed by atoms with Gasteiger partial charge in [0.05, 0.1) is 31.3 Å². The van der Waals surface area contributed by atoms with E-state index in [1.165, 1.54) is 180 Å². The Morgan fingerprint density at radius 1 is 0.463 bits per heavy atom. The van der Waals surface area contributed by atoms with E-state index in [9.17, 15) is 20.1 Å². The zero-order valence-corrected chi connectivity index (χ0v) is 36.1. The van der Waals surface area contributed by atoms with E-state index in [1.54, 1.807) is 6.08 Å². The first kappa shape index (κ1) is 52.6. The van der Waals surface area contributed by atoms with Crippen molar-refractivity contribution in [1.29, 1.82) is 0 Å².